The molecule has 0 bridgehead atoms. The third-order valence-electron chi connectivity index (χ3n) is 2.90. The van der Waals surface area contributed by atoms with Gasteiger partial charge in [-0.25, -0.2) is 4.98 Å². The summed E-state index contributed by atoms with van der Waals surface area (Å²) in [5.41, 5.74) is 6.39. The Bertz CT molecular complexity index is 742. The maximum Gasteiger partial charge on any atom is 0.145 e. The van der Waals surface area contributed by atoms with Crippen molar-refractivity contribution in [3.05, 3.63) is 48.8 Å². The summed E-state index contributed by atoms with van der Waals surface area (Å²) in [5, 5.41) is 0.878. The monoisotopic (exact) mass is 267 g/mol. The fourth-order valence-corrected chi connectivity index (χ4v) is 1.90. The van der Waals surface area contributed by atoms with Gasteiger partial charge in [-0.15, -0.1) is 0 Å². The predicted octanol–water partition coefficient (Wildman–Crippen LogP) is 3.01. The standard InChI is InChI=1S/C15H13N3O2/c1-19-10-2-4-13-12(8-10)14(6-7-17-13)20-11-3-5-15(16)18-9-11/h2-9H,1H3,(H2,16,18). The van der Waals surface area contributed by atoms with Crippen molar-refractivity contribution in [1.82, 2.24) is 9.97 Å². The summed E-state index contributed by atoms with van der Waals surface area (Å²) in [6, 6.07) is 10.9. The second kappa shape index (κ2) is 5.05. The fraction of sp³-hybridized carbons (Fsp3) is 0.0667. The number of ether oxygens (including phenoxy) is 2. The van der Waals surface area contributed by atoms with Gasteiger partial charge in [0.15, 0.2) is 0 Å². The first-order chi connectivity index (χ1) is 9.76. The molecule has 2 aromatic heterocycles. The van der Waals surface area contributed by atoms with Crippen molar-refractivity contribution in [2.24, 2.45) is 0 Å². The average molecular weight is 267 g/mol. The molecule has 0 amide bonds. The number of nitrogens with zero attached hydrogens (tertiary/aromatic N) is 2. The van der Waals surface area contributed by atoms with E-state index in [1.54, 1.807) is 37.7 Å². The molecule has 0 fully saturated rings. The molecule has 3 rings (SSSR count). The summed E-state index contributed by atoms with van der Waals surface area (Å²) < 4.78 is 11.1. The largest absolute Gasteiger partial charge is 0.497 e. The molecule has 0 saturated carbocycles. The number of fused-ring (bicyclic) bond motifs is 1. The molecule has 5 nitrogen and oxygen atoms in total. The molecule has 5 heteroatoms. The zero-order valence-corrected chi connectivity index (χ0v) is 10.9. The van der Waals surface area contributed by atoms with E-state index in [1.165, 1.54) is 0 Å². The van der Waals surface area contributed by atoms with Crippen molar-refractivity contribution < 1.29 is 9.47 Å². The Labute approximate surface area is 116 Å². The molecule has 0 atom stereocenters. The van der Waals surface area contributed by atoms with Crippen molar-refractivity contribution in [3.8, 4) is 17.2 Å². The molecule has 0 radical (unpaired) electrons. The summed E-state index contributed by atoms with van der Waals surface area (Å²) in [5.74, 6) is 2.53. The smallest absolute Gasteiger partial charge is 0.145 e. The molecular formula is C15H13N3O2. The Kier molecular flexibility index (Phi) is 3.09. The molecule has 1 aromatic carbocycles. The SMILES string of the molecule is COc1ccc2nccc(Oc3ccc(N)nc3)c2c1. The molecule has 100 valence electrons. The first kappa shape index (κ1) is 12.2. The molecule has 2 N–H and O–H groups in total. The van der Waals surface area contributed by atoms with Gasteiger partial charge in [0.25, 0.3) is 0 Å². The Morgan fingerprint density at radius 2 is 1.85 bits per heavy atom. The molecule has 0 aliphatic heterocycles. The van der Waals surface area contributed by atoms with Crippen LogP contribution in [0.15, 0.2) is 48.8 Å². The number of anilines is 1. The van der Waals surface area contributed by atoms with Crippen LogP contribution in [0.1, 0.15) is 0 Å². The lowest BCUT2D eigenvalue weighted by atomic mass is 10.2. The van der Waals surface area contributed by atoms with Crippen LogP contribution in [0.2, 0.25) is 0 Å². The van der Waals surface area contributed by atoms with Gasteiger partial charge in [0.05, 0.1) is 18.8 Å². The molecule has 0 aliphatic carbocycles. The number of hydrogen-bond acceptors (Lipinski definition) is 5. The van der Waals surface area contributed by atoms with Crippen LogP contribution in [0.4, 0.5) is 5.82 Å². The Morgan fingerprint density at radius 1 is 1.00 bits per heavy atom. The second-order valence-electron chi connectivity index (χ2n) is 4.21. The highest BCUT2D eigenvalue weighted by molar-refractivity contribution is 5.86. The first-order valence-corrected chi connectivity index (χ1v) is 6.08. The van der Waals surface area contributed by atoms with Crippen LogP contribution in [0.5, 0.6) is 17.2 Å². The maximum absolute atomic E-state index is 5.83. The highest BCUT2D eigenvalue weighted by atomic mass is 16.5. The van der Waals surface area contributed by atoms with Gasteiger partial charge in [0.2, 0.25) is 0 Å². The van der Waals surface area contributed by atoms with Crippen molar-refractivity contribution in [1.29, 1.82) is 0 Å². The van der Waals surface area contributed by atoms with Crippen LogP contribution < -0.4 is 15.2 Å². The summed E-state index contributed by atoms with van der Waals surface area (Å²) in [6.07, 6.45) is 3.29. The van der Waals surface area contributed by atoms with E-state index in [0.717, 1.165) is 16.7 Å². The zero-order valence-electron chi connectivity index (χ0n) is 10.9. The Hall–Kier alpha value is -2.82. The van der Waals surface area contributed by atoms with Gasteiger partial charge in [0.1, 0.15) is 23.1 Å². The van der Waals surface area contributed by atoms with Crippen molar-refractivity contribution >= 4 is 16.7 Å². The lowest BCUT2D eigenvalue weighted by Gasteiger charge is -2.09. The summed E-state index contributed by atoms with van der Waals surface area (Å²) in [4.78, 5) is 8.30. The van der Waals surface area contributed by atoms with Crippen LogP contribution >= 0.6 is 0 Å². The van der Waals surface area contributed by atoms with Crippen molar-refractivity contribution in [2.75, 3.05) is 12.8 Å². The fourth-order valence-electron chi connectivity index (χ4n) is 1.90. The minimum atomic E-state index is 0.457. The highest BCUT2D eigenvalue weighted by Crippen LogP contribution is 2.31. The third-order valence-corrected chi connectivity index (χ3v) is 2.90. The lowest BCUT2D eigenvalue weighted by Crippen LogP contribution is -1.92. The van der Waals surface area contributed by atoms with E-state index >= 15 is 0 Å². The molecule has 2 heterocycles. The molecule has 3 aromatic rings. The Balaban J connectivity index is 2.04. The van der Waals surface area contributed by atoms with E-state index in [2.05, 4.69) is 9.97 Å². The van der Waals surface area contributed by atoms with Crippen LogP contribution in [-0.4, -0.2) is 17.1 Å². The predicted molar refractivity (Wildman–Crippen MR) is 77.0 cm³/mol. The number of nitrogen functional groups attached to an aromatic ring is 1. The van der Waals surface area contributed by atoms with Gasteiger partial charge in [-0.1, -0.05) is 0 Å². The van der Waals surface area contributed by atoms with Gasteiger partial charge >= 0.3 is 0 Å². The number of methoxy groups -OCH3 is 1. The molecule has 0 aliphatic rings. The molecule has 20 heavy (non-hydrogen) atoms. The van der Waals surface area contributed by atoms with Gasteiger partial charge in [-0.05, 0) is 36.4 Å². The minimum Gasteiger partial charge on any atom is -0.497 e. The average Bonchev–Trinajstić information content (AvgIpc) is 2.49. The van der Waals surface area contributed by atoms with Gasteiger partial charge < -0.3 is 15.2 Å². The number of pyridine rings is 2. The van der Waals surface area contributed by atoms with Gasteiger partial charge in [-0.3, -0.25) is 4.98 Å². The normalized spacial score (nSPS) is 10.4. The third kappa shape index (κ3) is 2.33. The minimum absolute atomic E-state index is 0.457. The number of rotatable bonds is 3. The topological polar surface area (TPSA) is 70.3 Å². The lowest BCUT2D eigenvalue weighted by molar-refractivity contribution is 0.415. The van der Waals surface area contributed by atoms with Crippen LogP contribution in [0, 0.1) is 0 Å². The number of nitrogens with two attached hydrogens (primary N) is 1. The maximum atomic E-state index is 5.83. The van der Waals surface area contributed by atoms with Gasteiger partial charge in [-0.2, -0.15) is 0 Å². The van der Waals surface area contributed by atoms with E-state index < -0.39 is 0 Å². The van der Waals surface area contributed by atoms with Crippen LogP contribution in [0.25, 0.3) is 10.9 Å². The quantitative estimate of drug-likeness (QED) is 0.789. The van der Waals surface area contributed by atoms with E-state index in [1.807, 2.05) is 18.2 Å². The molecular weight excluding hydrogens is 254 g/mol. The Morgan fingerprint density at radius 3 is 2.60 bits per heavy atom. The van der Waals surface area contributed by atoms with E-state index in [9.17, 15) is 0 Å². The van der Waals surface area contributed by atoms with Crippen molar-refractivity contribution in [3.63, 3.8) is 0 Å². The highest BCUT2D eigenvalue weighted by Gasteiger charge is 2.06. The number of hydrogen-bond donors (Lipinski definition) is 1. The summed E-state index contributed by atoms with van der Waals surface area (Å²) in [7, 11) is 1.63. The summed E-state index contributed by atoms with van der Waals surface area (Å²) in [6.45, 7) is 0. The van der Waals surface area contributed by atoms with E-state index in [4.69, 9.17) is 15.2 Å². The zero-order chi connectivity index (χ0) is 13.9. The number of aromatic nitrogens is 2. The molecule has 0 saturated heterocycles. The van der Waals surface area contributed by atoms with Crippen LogP contribution in [-0.2, 0) is 0 Å². The van der Waals surface area contributed by atoms with E-state index in [-0.39, 0.29) is 0 Å². The van der Waals surface area contributed by atoms with E-state index in [0.29, 0.717) is 17.3 Å². The molecule has 0 spiro atoms. The second-order valence-corrected chi connectivity index (χ2v) is 4.21. The van der Waals surface area contributed by atoms with Crippen LogP contribution in [0.3, 0.4) is 0 Å². The first-order valence-electron chi connectivity index (χ1n) is 6.08. The van der Waals surface area contributed by atoms with Crippen molar-refractivity contribution in [2.45, 2.75) is 0 Å². The van der Waals surface area contributed by atoms with Gasteiger partial charge in [0, 0.05) is 11.6 Å². The number of benzene rings is 1. The molecule has 0 unspecified atom stereocenters. The summed E-state index contributed by atoms with van der Waals surface area (Å²) >= 11 is 0.